The fourth-order valence-corrected chi connectivity index (χ4v) is 7.85. The van der Waals surface area contributed by atoms with Gasteiger partial charge in [0.15, 0.2) is 0 Å². The summed E-state index contributed by atoms with van der Waals surface area (Å²) in [4.78, 5) is 17.9. The van der Waals surface area contributed by atoms with Crippen LogP contribution in [0.2, 0.25) is 0 Å². The van der Waals surface area contributed by atoms with Crippen molar-refractivity contribution >= 4 is 38.4 Å². The van der Waals surface area contributed by atoms with Crippen molar-refractivity contribution in [1.29, 1.82) is 0 Å². The van der Waals surface area contributed by atoms with Crippen molar-refractivity contribution in [3.05, 3.63) is 48.0 Å². The van der Waals surface area contributed by atoms with Gasteiger partial charge in [-0.05, 0) is 85.9 Å². The van der Waals surface area contributed by atoms with Crippen LogP contribution in [-0.4, -0.2) is 47.8 Å². The van der Waals surface area contributed by atoms with E-state index in [1.54, 1.807) is 12.1 Å². The van der Waals surface area contributed by atoms with E-state index in [0.29, 0.717) is 41.5 Å². The van der Waals surface area contributed by atoms with Gasteiger partial charge in [0.25, 0.3) is 5.91 Å². The average molecular weight is 593 g/mol. The summed E-state index contributed by atoms with van der Waals surface area (Å²) < 4.78 is 67.4. The van der Waals surface area contributed by atoms with Crippen molar-refractivity contribution in [2.75, 3.05) is 16.8 Å². The van der Waals surface area contributed by atoms with E-state index in [2.05, 4.69) is 40.7 Å². The number of anilines is 2. The van der Waals surface area contributed by atoms with Crippen LogP contribution in [-0.2, 0) is 9.84 Å². The molecule has 1 unspecified atom stereocenters. The molecule has 222 valence electrons. The summed E-state index contributed by atoms with van der Waals surface area (Å²) >= 11 is 0. The minimum Gasteiger partial charge on any atom is -0.406 e. The third-order valence-electron chi connectivity index (χ3n) is 7.91. The number of rotatable bonds is 6. The summed E-state index contributed by atoms with van der Waals surface area (Å²) in [5, 5.41) is 6.23. The van der Waals surface area contributed by atoms with Gasteiger partial charge in [0, 0.05) is 23.3 Å². The number of aromatic nitrogens is 2. The summed E-state index contributed by atoms with van der Waals surface area (Å²) in [6.45, 7) is 6.73. The standard InChI is InChI=1S/C29H35F3N4O4S/c1-18-14-22(17-28(2,3)16-18)36-25-9-4-19(26(37)33-21-10-12-41(38,39)13-11-21)15-24(25)35-27(36)34-20-5-7-23(8-6-20)40-29(30,31)32/h4-9,15,18,21-22H,10-14,16-17H2,1-3H3,(H,33,37)(H,34,35)/t18-,22?/m0/s1. The molecule has 0 spiro atoms. The first kappa shape index (κ1) is 29.2. The number of nitrogens with zero attached hydrogens (tertiary/aromatic N) is 2. The normalized spacial score (nSPS) is 22.8. The molecule has 2 heterocycles. The number of carbonyl (C=O) groups is 1. The second kappa shape index (κ2) is 10.8. The zero-order valence-electron chi connectivity index (χ0n) is 23.3. The first-order valence-corrected chi connectivity index (χ1v) is 15.6. The van der Waals surface area contributed by atoms with Gasteiger partial charge >= 0.3 is 6.36 Å². The van der Waals surface area contributed by atoms with Crippen molar-refractivity contribution in [1.82, 2.24) is 14.9 Å². The van der Waals surface area contributed by atoms with Gasteiger partial charge in [-0.3, -0.25) is 4.79 Å². The first-order valence-electron chi connectivity index (χ1n) is 13.8. The van der Waals surface area contributed by atoms with Gasteiger partial charge in [0.1, 0.15) is 15.6 Å². The maximum absolute atomic E-state index is 13.1. The van der Waals surface area contributed by atoms with Gasteiger partial charge in [0.2, 0.25) is 5.95 Å². The van der Waals surface area contributed by atoms with Crippen LogP contribution in [0.1, 0.15) is 69.3 Å². The zero-order valence-corrected chi connectivity index (χ0v) is 24.1. The average Bonchev–Trinajstić information content (AvgIpc) is 3.21. The molecule has 1 saturated carbocycles. The topological polar surface area (TPSA) is 102 Å². The molecule has 12 heteroatoms. The molecule has 2 atom stereocenters. The smallest absolute Gasteiger partial charge is 0.406 e. The summed E-state index contributed by atoms with van der Waals surface area (Å²) in [7, 11) is -3.03. The number of imidazole rings is 1. The number of sulfone groups is 1. The van der Waals surface area contributed by atoms with Crippen LogP contribution in [0.3, 0.4) is 0 Å². The van der Waals surface area contributed by atoms with Crippen molar-refractivity contribution in [3.63, 3.8) is 0 Å². The molecule has 41 heavy (non-hydrogen) atoms. The predicted octanol–water partition coefficient (Wildman–Crippen LogP) is 6.37. The monoisotopic (exact) mass is 592 g/mol. The molecule has 2 aromatic carbocycles. The molecule has 1 amide bonds. The number of hydrogen-bond donors (Lipinski definition) is 2. The van der Waals surface area contributed by atoms with Crippen molar-refractivity contribution < 1.29 is 31.1 Å². The number of hydrogen-bond acceptors (Lipinski definition) is 6. The molecule has 1 aliphatic heterocycles. The fraction of sp³-hybridized carbons (Fsp3) is 0.517. The van der Waals surface area contributed by atoms with E-state index in [1.807, 2.05) is 6.07 Å². The Morgan fingerprint density at radius 2 is 1.76 bits per heavy atom. The lowest BCUT2D eigenvalue weighted by Gasteiger charge is -2.40. The highest BCUT2D eigenvalue weighted by atomic mass is 32.2. The van der Waals surface area contributed by atoms with Crippen LogP contribution in [0.5, 0.6) is 5.75 Å². The third kappa shape index (κ3) is 7.14. The Balaban J connectivity index is 1.45. The Morgan fingerprint density at radius 3 is 2.39 bits per heavy atom. The van der Waals surface area contributed by atoms with Crippen molar-refractivity contribution in [2.24, 2.45) is 11.3 Å². The van der Waals surface area contributed by atoms with Crippen LogP contribution in [0.15, 0.2) is 42.5 Å². The maximum Gasteiger partial charge on any atom is 0.573 e. The summed E-state index contributed by atoms with van der Waals surface area (Å²) in [6, 6.07) is 10.8. The summed E-state index contributed by atoms with van der Waals surface area (Å²) in [5.41, 5.74) is 2.54. The Kier molecular flexibility index (Phi) is 7.73. The van der Waals surface area contributed by atoms with Gasteiger partial charge in [-0.25, -0.2) is 13.4 Å². The molecule has 0 radical (unpaired) electrons. The number of nitrogens with one attached hydrogen (secondary N) is 2. The molecular formula is C29H35F3N4O4S. The minimum absolute atomic E-state index is 0.0654. The highest BCUT2D eigenvalue weighted by Crippen LogP contribution is 2.46. The second-order valence-electron chi connectivity index (χ2n) is 12.2. The molecule has 8 nitrogen and oxygen atoms in total. The highest BCUT2D eigenvalue weighted by molar-refractivity contribution is 7.91. The Hall–Kier alpha value is -3.28. The lowest BCUT2D eigenvalue weighted by Crippen LogP contribution is -2.40. The van der Waals surface area contributed by atoms with E-state index in [-0.39, 0.29) is 40.7 Å². The predicted molar refractivity (Wildman–Crippen MR) is 151 cm³/mol. The molecular weight excluding hydrogens is 557 g/mol. The van der Waals surface area contributed by atoms with E-state index in [9.17, 15) is 26.4 Å². The number of amides is 1. The van der Waals surface area contributed by atoms with Crippen LogP contribution >= 0.6 is 0 Å². The largest absolute Gasteiger partial charge is 0.573 e. The quantitative estimate of drug-likeness (QED) is 0.345. The van der Waals surface area contributed by atoms with E-state index < -0.39 is 16.2 Å². The molecule has 2 aliphatic rings. The summed E-state index contributed by atoms with van der Waals surface area (Å²) in [5.74, 6) is 0.552. The Bertz CT molecular complexity index is 1520. The lowest BCUT2D eigenvalue weighted by molar-refractivity contribution is -0.274. The highest BCUT2D eigenvalue weighted by Gasteiger charge is 2.35. The van der Waals surface area contributed by atoms with Gasteiger partial charge in [-0.1, -0.05) is 20.8 Å². The van der Waals surface area contributed by atoms with Gasteiger partial charge in [-0.2, -0.15) is 0 Å². The number of ether oxygens (including phenoxy) is 1. The van der Waals surface area contributed by atoms with E-state index in [4.69, 9.17) is 4.98 Å². The molecule has 2 fully saturated rings. The molecule has 0 bridgehead atoms. The van der Waals surface area contributed by atoms with E-state index in [0.717, 1.165) is 24.8 Å². The Labute approximate surface area is 237 Å². The van der Waals surface area contributed by atoms with Gasteiger partial charge in [-0.15, -0.1) is 13.2 Å². The number of alkyl halides is 3. The second-order valence-corrected chi connectivity index (χ2v) is 14.5. The Morgan fingerprint density at radius 1 is 1.07 bits per heavy atom. The van der Waals surface area contributed by atoms with E-state index >= 15 is 0 Å². The van der Waals surface area contributed by atoms with Crippen molar-refractivity contribution in [3.8, 4) is 5.75 Å². The SMILES string of the molecule is C[C@H]1CC(n2c(Nc3ccc(OC(F)(F)F)cc3)nc3cc(C(=O)NC4CCS(=O)(=O)CC4)ccc32)CC(C)(C)C1. The van der Waals surface area contributed by atoms with Crippen molar-refractivity contribution in [2.45, 2.75) is 71.3 Å². The first-order chi connectivity index (χ1) is 19.2. The number of benzene rings is 2. The third-order valence-corrected chi connectivity index (χ3v) is 9.63. The molecule has 1 aromatic heterocycles. The maximum atomic E-state index is 13.1. The van der Waals surface area contributed by atoms with Crippen LogP contribution < -0.4 is 15.4 Å². The van der Waals surface area contributed by atoms with Crippen LogP contribution in [0.4, 0.5) is 24.8 Å². The molecule has 1 aliphatic carbocycles. The van der Waals surface area contributed by atoms with Crippen LogP contribution in [0, 0.1) is 11.3 Å². The molecule has 1 saturated heterocycles. The molecule has 5 rings (SSSR count). The fourth-order valence-electron chi connectivity index (χ4n) is 6.36. The lowest BCUT2D eigenvalue weighted by atomic mass is 9.70. The van der Waals surface area contributed by atoms with Crippen LogP contribution in [0.25, 0.3) is 11.0 Å². The number of fused-ring (bicyclic) bond motifs is 1. The number of carbonyl (C=O) groups excluding carboxylic acids is 1. The minimum atomic E-state index is -4.77. The zero-order chi connectivity index (χ0) is 29.6. The van der Waals surface area contributed by atoms with Gasteiger partial charge in [0.05, 0.1) is 22.5 Å². The van der Waals surface area contributed by atoms with Gasteiger partial charge < -0.3 is 19.9 Å². The summed E-state index contributed by atoms with van der Waals surface area (Å²) in [6.07, 6.45) is -1.03. The number of halogens is 3. The van der Waals surface area contributed by atoms with E-state index in [1.165, 1.54) is 24.3 Å². The molecule has 2 N–H and O–H groups in total. The molecule has 3 aromatic rings.